The van der Waals surface area contributed by atoms with Gasteiger partial charge in [-0.05, 0) is 77.8 Å². The van der Waals surface area contributed by atoms with Crippen molar-refractivity contribution in [2.24, 2.45) is 0 Å². The Bertz CT molecular complexity index is 1660. The van der Waals surface area contributed by atoms with Gasteiger partial charge in [-0.3, -0.25) is 4.72 Å². The maximum atomic E-state index is 13.3. The van der Waals surface area contributed by atoms with E-state index in [0.717, 1.165) is 19.3 Å². The number of hydrogen-bond donors (Lipinski definition) is 1. The summed E-state index contributed by atoms with van der Waals surface area (Å²) in [6, 6.07) is 26.0. The molecule has 0 atom stereocenters. The molecule has 3 aromatic carbocycles. The summed E-state index contributed by atoms with van der Waals surface area (Å²) in [5, 5.41) is 0.312. The van der Waals surface area contributed by atoms with Gasteiger partial charge in [-0.1, -0.05) is 65.7 Å². The first-order chi connectivity index (χ1) is 17.9. The Kier molecular flexibility index (Phi) is 7.37. The first-order valence-corrected chi connectivity index (χ1v) is 13.9. The Balaban J connectivity index is 1.45. The van der Waals surface area contributed by atoms with Gasteiger partial charge in [0.25, 0.3) is 10.0 Å². The van der Waals surface area contributed by atoms with Crippen LogP contribution in [0.1, 0.15) is 17.5 Å². The summed E-state index contributed by atoms with van der Waals surface area (Å²) in [6.45, 7) is 0. The van der Waals surface area contributed by atoms with Crippen LogP contribution in [0.5, 0.6) is 0 Å². The predicted octanol–water partition coefficient (Wildman–Crippen LogP) is 6.19. The molecule has 0 aliphatic heterocycles. The molecule has 186 valence electrons. The quantitative estimate of drug-likeness (QED) is 0.234. The number of aromatic nitrogens is 3. The van der Waals surface area contributed by atoms with Gasteiger partial charge in [0.05, 0.1) is 17.4 Å². The average Bonchev–Trinajstić information content (AvgIpc) is 2.90. The second kappa shape index (κ2) is 10.8. The van der Waals surface area contributed by atoms with Crippen molar-refractivity contribution in [3.05, 3.63) is 118 Å². The van der Waals surface area contributed by atoms with Crippen LogP contribution in [0.3, 0.4) is 0 Å². The number of halogens is 2. The lowest BCUT2D eigenvalue weighted by molar-refractivity contribution is -0.598. The molecule has 0 radical (unpaired) electrons. The number of para-hydroxylation sites is 2. The van der Waals surface area contributed by atoms with Gasteiger partial charge in [-0.15, -0.1) is 0 Å². The third-order valence-electron chi connectivity index (χ3n) is 5.88. The Hall–Kier alpha value is -3.52. The van der Waals surface area contributed by atoms with E-state index >= 15 is 0 Å². The number of nitrogens with zero attached hydrogens (tertiary/aromatic N) is 3. The minimum absolute atomic E-state index is 0.0553. The zero-order valence-corrected chi connectivity index (χ0v) is 22.0. The fraction of sp³-hybridized carbons (Fsp3) is 0.107. The molecule has 6 nitrogen and oxygen atoms in total. The Morgan fingerprint density at radius 2 is 1.38 bits per heavy atom. The highest BCUT2D eigenvalue weighted by Gasteiger charge is 2.26. The van der Waals surface area contributed by atoms with Crippen molar-refractivity contribution in [2.75, 3.05) is 4.72 Å². The second-order valence-electron chi connectivity index (χ2n) is 8.52. The molecule has 2 aromatic heterocycles. The minimum Gasteiger partial charge on any atom is -0.256 e. The van der Waals surface area contributed by atoms with Crippen LogP contribution in [0.4, 0.5) is 5.82 Å². The largest absolute Gasteiger partial charge is 0.372 e. The molecule has 37 heavy (non-hydrogen) atoms. The summed E-state index contributed by atoms with van der Waals surface area (Å²) in [5.74, 6) is 0.424. The minimum atomic E-state index is -4.09. The standard InChI is InChI=1S/C28H23Cl2N4O2S/c29-22-13-14-23(30)26(19-22)37(35,36)33-27-28(32-25-12-5-4-11-24(25)31-27)34-17-15-21(16-18-34)10-6-9-20-7-2-1-3-8-20/h1-5,7-8,11-19H,6,9-10H2,(H,31,33)/q+1. The molecular formula is C28H23Cl2N4O2S+. The number of anilines is 1. The van der Waals surface area contributed by atoms with E-state index in [4.69, 9.17) is 28.2 Å². The van der Waals surface area contributed by atoms with E-state index in [1.54, 1.807) is 10.6 Å². The molecule has 0 fully saturated rings. The highest BCUT2D eigenvalue weighted by molar-refractivity contribution is 7.92. The van der Waals surface area contributed by atoms with E-state index in [1.165, 1.54) is 29.3 Å². The Morgan fingerprint density at radius 1 is 0.757 bits per heavy atom. The summed E-state index contributed by atoms with van der Waals surface area (Å²) in [7, 11) is -4.09. The van der Waals surface area contributed by atoms with E-state index < -0.39 is 10.0 Å². The third-order valence-corrected chi connectivity index (χ3v) is 7.94. The van der Waals surface area contributed by atoms with E-state index in [-0.39, 0.29) is 20.8 Å². The SMILES string of the molecule is O=S(=O)(Nc1nc2ccccc2nc1-[n+]1ccc(CCCc2ccccc2)cc1)c1cc(Cl)ccc1Cl. The van der Waals surface area contributed by atoms with E-state index in [9.17, 15) is 8.42 Å². The summed E-state index contributed by atoms with van der Waals surface area (Å²) in [6.07, 6.45) is 6.67. The topological polar surface area (TPSA) is 75.8 Å². The van der Waals surface area contributed by atoms with Gasteiger partial charge in [0, 0.05) is 5.02 Å². The number of sulfonamides is 1. The van der Waals surface area contributed by atoms with Gasteiger partial charge < -0.3 is 0 Å². The zero-order chi connectivity index (χ0) is 25.8. The molecule has 0 aliphatic rings. The molecule has 5 rings (SSSR count). The number of benzene rings is 3. The van der Waals surface area contributed by atoms with Crippen LogP contribution in [0.15, 0.2) is 102 Å². The molecule has 5 aromatic rings. The van der Waals surface area contributed by atoms with Crippen LogP contribution in [0, 0.1) is 0 Å². The fourth-order valence-electron chi connectivity index (χ4n) is 4.01. The fourth-order valence-corrected chi connectivity index (χ4v) is 5.78. The highest BCUT2D eigenvalue weighted by atomic mass is 35.5. The summed E-state index contributed by atoms with van der Waals surface area (Å²) < 4.78 is 30.8. The van der Waals surface area contributed by atoms with Gasteiger partial charge in [0.1, 0.15) is 10.4 Å². The van der Waals surface area contributed by atoms with Crippen molar-refractivity contribution in [3.63, 3.8) is 0 Å². The van der Waals surface area contributed by atoms with Crippen molar-refractivity contribution >= 4 is 50.1 Å². The normalized spacial score (nSPS) is 11.5. The van der Waals surface area contributed by atoms with E-state index in [1.807, 2.05) is 48.8 Å². The summed E-state index contributed by atoms with van der Waals surface area (Å²) >= 11 is 12.2. The van der Waals surface area contributed by atoms with Crippen molar-refractivity contribution in [3.8, 4) is 5.82 Å². The summed E-state index contributed by atoms with van der Waals surface area (Å²) in [5.41, 5.74) is 3.69. The predicted molar refractivity (Wildman–Crippen MR) is 147 cm³/mol. The van der Waals surface area contributed by atoms with Gasteiger partial charge in [-0.25, -0.2) is 18.0 Å². The van der Waals surface area contributed by atoms with Crippen LogP contribution in [0.2, 0.25) is 10.0 Å². The smallest absolute Gasteiger partial charge is 0.256 e. The van der Waals surface area contributed by atoms with Crippen molar-refractivity contribution < 1.29 is 13.0 Å². The Morgan fingerprint density at radius 3 is 2.08 bits per heavy atom. The molecule has 0 aliphatic carbocycles. The van der Waals surface area contributed by atoms with Gasteiger partial charge >= 0.3 is 5.82 Å². The maximum absolute atomic E-state index is 13.3. The molecule has 9 heteroatoms. The maximum Gasteiger partial charge on any atom is 0.372 e. The first-order valence-electron chi connectivity index (χ1n) is 11.7. The van der Waals surface area contributed by atoms with Crippen LogP contribution >= 0.6 is 23.2 Å². The molecule has 0 amide bonds. The number of hydrogen-bond acceptors (Lipinski definition) is 4. The molecular weight excluding hydrogens is 527 g/mol. The summed E-state index contributed by atoms with van der Waals surface area (Å²) in [4.78, 5) is 9.14. The second-order valence-corrected chi connectivity index (χ2v) is 11.0. The molecule has 0 spiro atoms. The third kappa shape index (κ3) is 5.91. The first kappa shape index (κ1) is 25.1. The highest BCUT2D eigenvalue weighted by Crippen LogP contribution is 2.28. The van der Waals surface area contributed by atoms with Crippen molar-refractivity contribution in [1.82, 2.24) is 9.97 Å². The van der Waals surface area contributed by atoms with Crippen LogP contribution in [0.25, 0.3) is 16.9 Å². The average molecular weight is 550 g/mol. The lowest BCUT2D eigenvalue weighted by atomic mass is 10.1. The number of aryl methyl sites for hydroxylation is 2. The van der Waals surface area contributed by atoms with Gasteiger partial charge in [0.2, 0.25) is 11.3 Å². The monoisotopic (exact) mass is 549 g/mol. The molecule has 2 heterocycles. The number of nitrogens with one attached hydrogen (secondary N) is 1. The number of fused-ring (bicyclic) bond motifs is 1. The van der Waals surface area contributed by atoms with Gasteiger partial charge in [0.15, 0.2) is 0 Å². The molecule has 1 N–H and O–H groups in total. The molecule has 0 saturated heterocycles. The van der Waals surface area contributed by atoms with E-state index in [0.29, 0.717) is 16.9 Å². The molecule has 0 bridgehead atoms. The number of rotatable bonds is 8. The van der Waals surface area contributed by atoms with Crippen molar-refractivity contribution in [1.29, 1.82) is 0 Å². The lowest BCUT2D eigenvalue weighted by Crippen LogP contribution is -2.33. The van der Waals surface area contributed by atoms with Crippen LogP contribution in [-0.4, -0.2) is 18.4 Å². The van der Waals surface area contributed by atoms with Crippen LogP contribution in [-0.2, 0) is 22.9 Å². The molecule has 0 unspecified atom stereocenters. The number of pyridine rings is 1. The Labute approximate surface area is 225 Å². The zero-order valence-electron chi connectivity index (χ0n) is 19.7. The van der Waals surface area contributed by atoms with Crippen LogP contribution < -0.4 is 9.29 Å². The lowest BCUT2D eigenvalue weighted by Gasteiger charge is -2.10. The van der Waals surface area contributed by atoms with E-state index in [2.05, 4.69) is 34.0 Å². The van der Waals surface area contributed by atoms with Gasteiger partial charge in [-0.2, -0.15) is 0 Å². The van der Waals surface area contributed by atoms with Crippen molar-refractivity contribution in [2.45, 2.75) is 24.2 Å². The molecule has 0 saturated carbocycles.